The van der Waals surface area contributed by atoms with Crippen LogP contribution in [0.5, 0.6) is 0 Å². The Labute approximate surface area is 96.1 Å². The summed E-state index contributed by atoms with van der Waals surface area (Å²) in [6.07, 6.45) is 4.39. The lowest BCUT2D eigenvalue weighted by Crippen LogP contribution is -2.31. The monoisotopic (exact) mass is 215 g/mol. The van der Waals surface area contributed by atoms with Crippen molar-refractivity contribution in [3.05, 3.63) is 35.9 Å². The quantitative estimate of drug-likeness (QED) is 0.822. The van der Waals surface area contributed by atoms with Crippen molar-refractivity contribution in [2.24, 2.45) is 11.8 Å². The number of benzene rings is 1. The van der Waals surface area contributed by atoms with Gasteiger partial charge in [0.05, 0.1) is 0 Å². The summed E-state index contributed by atoms with van der Waals surface area (Å²) in [5.41, 5.74) is 1.33. The number of nitrogens with one attached hydrogen (secondary N) is 1. The van der Waals surface area contributed by atoms with E-state index in [2.05, 4.69) is 29.6 Å². The van der Waals surface area contributed by atoms with Gasteiger partial charge in [0, 0.05) is 12.5 Å². The fraction of sp³-hybridized carbons (Fsp3) is 0.500. The Balaban J connectivity index is 1.71. The fourth-order valence-corrected chi connectivity index (χ4v) is 2.82. The van der Waals surface area contributed by atoms with Gasteiger partial charge in [0.25, 0.3) is 0 Å². The van der Waals surface area contributed by atoms with Crippen LogP contribution >= 0.6 is 0 Å². The number of hydrogen-bond donors (Lipinski definition) is 1. The van der Waals surface area contributed by atoms with E-state index >= 15 is 0 Å². The molecular weight excluding hydrogens is 198 g/mol. The predicted octanol–water partition coefficient (Wildman–Crippen LogP) is 2.14. The van der Waals surface area contributed by atoms with Crippen LogP contribution < -0.4 is 5.32 Å². The second kappa shape index (κ2) is 3.93. The topological polar surface area (TPSA) is 29.1 Å². The molecule has 1 N–H and O–H groups in total. The molecule has 2 heteroatoms. The molecule has 1 heterocycles. The first kappa shape index (κ1) is 9.88. The van der Waals surface area contributed by atoms with Crippen LogP contribution in [0.1, 0.15) is 24.8 Å². The van der Waals surface area contributed by atoms with Crippen molar-refractivity contribution in [3.63, 3.8) is 0 Å². The summed E-state index contributed by atoms with van der Waals surface area (Å²) in [6, 6.07) is 10.8. The van der Waals surface area contributed by atoms with E-state index in [9.17, 15) is 4.79 Å². The number of hydrogen-bond acceptors (Lipinski definition) is 1. The Morgan fingerprint density at radius 2 is 1.94 bits per heavy atom. The summed E-state index contributed by atoms with van der Waals surface area (Å²) in [5, 5.41) is 3.13. The van der Waals surface area contributed by atoms with Gasteiger partial charge in [0.1, 0.15) is 0 Å². The van der Waals surface area contributed by atoms with Crippen LogP contribution in [-0.4, -0.2) is 11.9 Å². The molecule has 2 aliphatic rings. The van der Waals surface area contributed by atoms with E-state index in [0.717, 1.165) is 18.8 Å². The molecule has 0 spiro atoms. The van der Waals surface area contributed by atoms with Gasteiger partial charge in [-0.1, -0.05) is 30.3 Å². The van der Waals surface area contributed by atoms with Gasteiger partial charge in [-0.2, -0.15) is 0 Å². The molecule has 1 aliphatic carbocycles. The smallest absolute Gasteiger partial charge is 0.220 e. The minimum atomic E-state index is 0.248. The van der Waals surface area contributed by atoms with E-state index in [4.69, 9.17) is 0 Å². The van der Waals surface area contributed by atoms with E-state index in [1.807, 2.05) is 6.07 Å². The van der Waals surface area contributed by atoms with Crippen LogP contribution in [0.3, 0.4) is 0 Å². The van der Waals surface area contributed by atoms with E-state index < -0.39 is 0 Å². The number of amides is 1. The molecule has 2 unspecified atom stereocenters. The summed E-state index contributed by atoms with van der Waals surface area (Å²) >= 11 is 0. The third-order valence-corrected chi connectivity index (χ3v) is 3.81. The zero-order chi connectivity index (χ0) is 11.0. The minimum Gasteiger partial charge on any atom is -0.353 e. The molecule has 1 saturated heterocycles. The second-order valence-corrected chi connectivity index (χ2v) is 5.07. The van der Waals surface area contributed by atoms with E-state index in [1.165, 1.54) is 18.4 Å². The van der Waals surface area contributed by atoms with Crippen LogP contribution in [0.15, 0.2) is 30.3 Å². The van der Waals surface area contributed by atoms with Crippen LogP contribution in [0, 0.1) is 11.8 Å². The molecule has 3 rings (SSSR count). The van der Waals surface area contributed by atoms with Gasteiger partial charge in [0.2, 0.25) is 5.91 Å². The van der Waals surface area contributed by atoms with E-state index in [-0.39, 0.29) is 5.91 Å². The average molecular weight is 215 g/mol. The van der Waals surface area contributed by atoms with Gasteiger partial charge in [0.15, 0.2) is 0 Å². The lowest BCUT2D eigenvalue weighted by molar-refractivity contribution is -0.119. The standard InChI is InChI=1S/C14H17NO/c16-14-9-12(11-6-7-11)13(15-14)8-10-4-2-1-3-5-10/h1-5,11-13H,6-9H2,(H,15,16). The number of carbonyl (C=O) groups excluding carboxylic acids is 1. The summed E-state index contributed by atoms with van der Waals surface area (Å²) in [7, 11) is 0. The highest BCUT2D eigenvalue weighted by Crippen LogP contribution is 2.42. The van der Waals surface area contributed by atoms with Gasteiger partial charge in [-0.05, 0) is 36.7 Å². The number of rotatable bonds is 3. The highest BCUT2D eigenvalue weighted by molar-refractivity contribution is 5.79. The average Bonchev–Trinajstić information content (AvgIpc) is 3.06. The highest BCUT2D eigenvalue weighted by Gasteiger charge is 2.42. The zero-order valence-corrected chi connectivity index (χ0v) is 9.36. The molecule has 2 atom stereocenters. The first-order chi connectivity index (χ1) is 7.83. The Morgan fingerprint density at radius 3 is 2.62 bits per heavy atom. The normalized spacial score (nSPS) is 29.1. The van der Waals surface area contributed by atoms with Crippen molar-refractivity contribution in [2.75, 3.05) is 0 Å². The molecular formula is C14H17NO. The Bertz CT molecular complexity index is 383. The third kappa shape index (κ3) is 1.97. The lowest BCUT2D eigenvalue weighted by atomic mass is 9.91. The molecule has 2 nitrogen and oxygen atoms in total. The zero-order valence-electron chi connectivity index (χ0n) is 9.36. The molecule has 1 saturated carbocycles. The summed E-state index contributed by atoms with van der Waals surface area (Å²) in [4.78, 5) is 11.5. The molecule has 2 fully saturated rings. The highest BCUT2D eigenvalue weighted by atomic mass is 16.2. The maximum atomic E-state index is 11.5. The van der Waals surface area contributed by atoms with Gasteiger partial charge in [-0.15, -0.1) is 0 Å². The fourth-order valence-electron chi connectivity index (χ4n) is 2.82. The van der Waals surface area contributed by atoms with Crippen molar-refractivity contribution in [1.82, 2.24) is 5.32 Å². The molecule has 1 aromatic rings. The molecule has 1 amide bonds. The molecule has 84 valence electrons. The first-order valence-electron chi connectivity index (χ1n) is 6.16. The Hall–Kier alpha value is -1.31. The van der Waals surface area contributed by atoms with Gasteiger partial charge < -0.3 is 5.32 Å². The predicted molar refractivity (Wildman–Crippen MR) is 62.9 cm³/mol. The maximum absolute atomic E-state index is 11.5. The molecule has 1 aromatic carbocycles. The van der Waals surface area contributed by atoms with E-state index in [0.29, 0.717) is 12.0 Å². The molecule has 0 radical (unpaired) electrons. The molecule has 0 aromatic heterocycles. The van der Waals surface area contributed by atoms with Crippen molar-refractivity contribution in [3.8, 4) is 0 Å². The van der Waals surface area contributed by atoms with Gasteiger partial charge in [-0.25, -0.2) is 0 Å². The Kier molecular flexibility index (Phi) is 2.43. The summed E-state index contributed by atoms with van der Waals surface area (Å²) in [5.74, 6) is 1.65. The SMILES string of the molecule is O=C1CC(C2CC2)C(Cc2ccccc2)N1. The molecule has 16 heavy (non-hydrogen) atoms. The molecule has 1 aliphatic heterocycles. The van der Waals surface area contributed by atoms with Gasteiger partial charge in [-0.3, -0.25) is 4.79 Å². The van der Waals surface area contributed by atoms with Crippen LogP contribution in [0.25, 0.3) is 0 Å². The van der Waals surface area contributed by atoms with Crippen molar-refractivity contribution in [1.29, 1.82) is 0 Å². The minimum absolute atomic E-state index is 0.248. The largest absolute Gasteiger partial charge is 0.353 e. The lowest BCUT2D eigenvalue weighted by Gasteiger charge is -2.18. The Morgan fingerprint density at radius 1 is 1.19 bits per heavy atom. The summed E-state index contributed by atoms with van der Waals surface area (Å²) < 4.78 is 0. The van der Waals surface area contributed by atoms with Crippen LogP contribution in [-0.2, 0) is 11.2 Å². The summed E-state index contributed by atoms with van der Waals surface area (Å²) in [6.45, 7) is 0. The van der Waals surface area contributed by atoms with E-state index in [1.54, 1.807) is 0 Å². The van der Waals surface area contributed by atoms with Crippen molar-refractivity contribution < 1.29 is 4.79 Å². The molecule has 0 bridgehead atoms. The first-order valence-corrected chi connectivity index (χ1v) is 6.16. The second-order valence-electron chi connectivity index (χ2n) is 5.07. The maximum Gasteiger partial charge on any atom is 0.220 e. The van der Waals surface area contributed by atoms with Crippen molar-refractivity contribution >= 4 is 5.91 Å². The number of carbonyl (C=O) groups is 1. The van der Waals surface area contributed by atoms with Crippen LogP contribution in [0.2, 0.25) is 0 Å². The third-order valence-electron chi connectivity index (χ3n) is 3.81. The van der Waals surface area contributed by atoms with Crippen molar-refractivity contribution in [2.45, 2.75) is 31.7 Å². The van der Waals surface area contributed by atoms with Gasteiger partial charge >= 0.3 is 0 Å². The van der Waals surface area contributed by atoms with Crippen LogP contribution in [0.4, 0.5) is 0 Å².